The zero-order valence-electron chi connectivity index (χ0n) is 12.2. The standard InChI is InChI=1S/C13H26N2O3S.ClH/c1-2-9-15(12-5-7-14-8-6-12)19(16,17)11-13-4-3-10-18-13;/h12-14H,2-11H2,1H3;1H. The summed E-state index contributed by atoms with van der Waals surface area (Å²) in [5.41, 5.74) is 0. The van der Waals surface area contributed by atoms with Crippen molar-refractivity contribution in [2.24, 2.45) is 0 Å². The molecule has 2 saturated heterocycles. The van der Waals surface area contributed by atoms with E-state index in [2.05, 4.69) is 5.32 Å². The van der Waals surface area contributed by atoms with Crippen LogP contribution >= 0.6 is 12.4 Å². The van der Waals surface area contributed by atoms with Gasteiger partial charge in [-0.3, -0.25) is 0 Å². The fourth-order valence-corrected chi connectivity index (χ4v) is 5.02. The molecule has 0 aliphatic carbocycles. The number of nitrogens with one attached hydrogen (secondary N) is 1. The van der Waals surface area contributed by atoms with Crippen molar-refractivity contribution in [3.8, 4) is 0 Å². The molecule has 2 fully saturated rings. The molecule has 0 aromatic carbocycles. The van der Waals surface area contributed by atoms with E-state index in [4.69, 9.17) is 4.74 Å². The van der Waals surface area contributed by atoms with Crippen molar-refractivity contribution in [2.75, 3.05) is 32.0 Å². The van der Waals surface area contributed by atoms with Crippen LogP contribution in [-0.2, 0) is 14.8 Å². The minimum absolute atomic E-state index is 0. The smallest absolute Gasteiger partial charge is 0.216 e. The van der Waals surface area contributed by atoms with E-state index in [-0.39, 0.29) is 30.3 Å². The normalized spacial score (nSPS) is 24.8. The number of hydrogen-bond acceptors (Lipinski definition) is 4. The molecule has 2 aliphatic heterocycles. The average Bonchev–Trinajstić information content (AvgIpc) is 2.89. The molecule has 2 heterocycles. The van der Waals surface area contributed by atoms with Crippen molar-refractivity contribution in [1.29, 1.82) is 0 Å². The zero-order chi connectivity index (χ0) is 13.7. The second kappa shape index (κ2) is 8.54. The molecule has 1 N–H and O–H groups in total. The topological polar surface area (TPSA) is 58.6 Å². The van der Waals surface area contributed by atoms with E-state index < -0.39 is 10.0 Å². The van der Waals surface area contributed by atoms with Gasteiger partial charge in [-0.05, 0) is 45.2 Å². The average molecular weight is 327 g/mol. The number of hydrogen-bond donors (Lipinski definition) is 1. The number of nitrogens with zero attached hydrogens (tertiary/aromatic N) is 1. The Morgan fingerprint density at radius 2 is 1.95 bits per heavy atom. The van der Waals surface area contributed by atoms with Crippen LogP contribution in [0, 0.1) is 0 Å². The summed E-state index contributed by atoms with van der Waals surface area (Å²) < 4.78 is 32.4. The molecule has 20 heavy (non-hydrogen) atoms. The Balaban J connectivity index is 0.00000200. The molecule has 5 nitrogen and oxygen atoms in total. The summed E-state index contributed by atoms with van der Waals surface area (Å²) in [6.07, 6.45) is 4.49. The van der Waals surface area contributed by atoms with E-state index in [1.807, 2.05) is 6.92 Å². The summed E-state index contributed by atoms with van der Waals surface area (Å²) in [6.45, 7) is 5.22. The van der Waals surface area contributed by atoms with Gasteiger partial charge in [-0.1, -0.05) is 6.92 Å². The first-order valence-electron chi connectivity index (χ1n) is 7.45. The molecule has 2 rings (SSSR count). The molecule has 0 spiro atoms. The highest BCUT2D eigenvalue weighted by Crippen LogP contribution is 2.21. The third kappa shape index (κ3) is 4.84. The van der Waals surface area contributed by atoms with Crippen molar-refractivity contribution in [1.82, 2.24) is 9.62 Å². The van der Waals surface area contributed by atoms with Gasteiger partial charge in [0.25, 0.3) is 0 Å². The maximum Gasteiger partial charge on any atom is 0.216 e. The zero-order valence-corrected chi connectivity index (χ0v) is 13.8. The maximum atomic E-state index is 12.6. The Hall–Kier alpha value is 0.120. The molecular formula is C13H27ClN2O3S. The van der Waals surface area contributed by atoms with Gasteiger partial charge in [-0.15, -0.1) is 12.4 Å². The molecule has 0 radical (unpaired) electrons. The second-order valence-corrected chi connectivity index (χ2v) is 7.47. The molecule has 0 amide bonds. The Kier molecular flexibility index (Phi) is 7.75. The van der Waals surface area contributed by atoms with Gasteiger partial charge in [0.1, 0.15) is 0 Å². The highest BCUT2D eigenvalue weighted by Gasteiger charge is 2.33. The predicted octanol–water partition coefficient (Wildman–Crippen LogP) is 1.38. The molecule has 0 aromatic heterocycles. The van der Waals surface area contributed by atoms with Gasteiger partial charge in [0.05, 0.1) is 11.9 Å². The fraction of sp³-hybridized carbons (Fsp3) is 1.00. The maximum absolute atomic E-state index is 12.6. The minimum atomic E-state index is -3.19. The molecular weight excluding hydrogens is 300 g/mol. The lowest BCUT2D eigenvalue weighted by molar-refractivity contribution is 0.125. The first-order valence-corrected chi connectivity index (χ1v) is 9.06. The molecule has 120 valence electrons. The number of piperidine rings is 1. The molecule has 0 aromatic rings. The molecule has 2 aliphatic rings. The van der Waals surface area contributed by atoms with E-state index in [1.165, 1.54) is 0 Å². The van der Waals surface area contributed by atoms with Crippen LogP contribution in [0.15, 0.2) is 0 Å². The minimum Gasteiger partial charge on any atom is -0.377 e. The number of rotatable bonds is 6. The van der Waals surface area contributed by atoms with Gasteiger partial charge in [0.15, 0.2) is 0 Å². The van der Waals surface area contributed by atoms with E-state index >= 15 is 0 Å². The number of sulfonamides is 1. The Morgan fingerprint density at radius 3 is 2.50 bits per heavy atom. The molecule has 7 heteroatoms. The van der Waals surface area contributed by atoms with Crippen LogP contribution in [-0.4, -0.2) is 56.9 Å². The van der Waals surface area contributed by atoms with Crippen LogP contribution in [0.1, 0.15) is 39.0 Å². The van der Waals surface area contributed by atoms with E-state index in [0.29, 0.717) is 13.2 Å². The van der Waals surface area contributed by atoms with E-state index in [9.17, 15) is 8.42 Å². The lowest BCUT2D eigenvalue weighted by Crippen LogP contribution is -2.48. The second-order valence-electron chi connectivity index (χ2n) is 5.51. The summed E-state index contributed by atoms with van der Waals surface area (Å²) in [5, 5.41) is 3.29. The predicted molar refractivity (Wildman–Crippen MR) is 82.9 cm³/mol. The molecule has 1 atom stereocenters. The van der Waals surface area contributed by atoms with Crippen molar-refractivity contribution in [3.05, 3.63) is 0 Å². The Morgan fingerprint density at radius 1 is 1.25 bits per heavy atom. The highest BCUT2D eigenvalue weighted by atomic mass is 35.5. The Labute approximate surface area is 128 Å². The third-order valence-corrected chi connectivity index (χ3v) is 5.93. The van der Waals surface area contributed by atoms with Crippen LogP contribution in [0.5, 0.6) is 0 Å². The van der Waals surface area contributed by atoms with Crippen molar-refractivity contribution < 1.29 is 13.2 Å². The van der Waals surface area contributed by atoms with Crippen molar-refractivity contribution >= 4 is 22.4 Å². The van der Waals surface area contributed by atoms with E-state index in [1.54, 1.807) is 4.31 Å². The third-order valence-electron chi connectivity index (χ3n) is 3.94. The van der Waals surface area contributed by atoms with Crippen LogP contribution in [0.4, 0.5) is 0 Å². The molecule has 0 saturated carbocycles. The van der Waals surface area contributed by atoms with Crippen molar-refractivity contribution in [2.45, 2.75) is 51.2 Å². The molecule has 0 bridgehead atoms. The van der Waals surface area contributed by atoms with E-state index in [0.717, 1.165) is 45.2 Å². The first kappa shape index (κ1) is 18.2. The SMILES string of the molecule is CCCN(C1CCNCC1)S(=O)(=O)CC1CCCO1.Cl. The molecule has 1 unspecified atom stereocenters. The summed E-state index contributed by atoms with van der Waals surface area (Å²) >= 11 is 0. The highest BCUT2D eigenvalue weighted by molar-refractivity contribution is 7.89. The number of halogens is 1. The van der Waals surface area contributed by atoms with Crippen LogP contribution < -0.4 is 5.32 Å². The van der Waals surface area contributed by atoms with Crippen LogP contribution in [0.3, 0.4) is 0 Å². The summed E-state index contributed by atoms with van der Waals surface area (Å²) in [6, 6.07) is 0.174. The lowest BCUT2D eigenvalue weighted by Gasteiger charge is -2.34. The lowest BCUT2D eigenvalue weighted by atomic mass is 10.1. The van der Waals surface area contributed by atoms with Gasteiger partial charge < -0.3 is 10.1 Å². The van der Waals surface area contributed by atoms with Gasteiger partial charge >= 0.3 is 0 Å². The van der Waals surface area contributed by atoms with Crippen LogP contribution in [0.2, 0.25) is 0 Å². The van der Waals surface area contributed by atoms with Gasteiger partial charge in [-0.25, -0.2) is 8.42 Å². The van der Waals surface area contributed by atoms with Crippen LogP contribution in [0.25, 0.3) is 0 Å². The summed E-state index contributed by atoms with van der Waals surface area (Å²) in [5.74, 6) is 0.164. The Bertz CT molecular complexity index is 366. The first-order chi connectivity index (χ1) is 9.13. The monoisotopic (exact) mass is 326 g/mol. The number of ether oxygens (including phenoxy) is 1. The fourth-order valence-electron chi connectivity index (χ4n) is 2.97. The van der Waals surface area contributed by atoms with Gasteiger partial charge in [-0.2, -0.15) is 4.31 Å². The van der Waals surface area contributed by atoms with Crippen molar-refractivity contribution in [3.63, 3.8) is 0 Å². The van der Waals surface area contributed by atoms with Gasteiger partial charge in [0, 0.05) is 19.2 Å². The quantitative estimate of drug-likeness (QED) is 0.801. The summed E-state index contributed by atoms with van der Waals surface area (Å²) in [4.78, 5) is 0. The van der Waals surface area contributed by atoms with Gasteiger partial charge in [0.2, 0.25) is 10.0 Å². The summed E-state index contributed by atoms with van der Waals surface area (Å²) in [7, 11) is -3.19. The largest absolute Gasteiger partial charge is 0.377 e.